The second kappa shape index (κ2) is 6.03. The number of rotatable bonds is 4. The molecule has 2 heterocycles. The molecule has 1 aromatic heterocycles. The van der Waals surface area contributed by atoms with Gasteiger partial charge < -0.3 is 5.32 Å². The summed E-state index contributed by atoms with van der Waals surface area (Å²) in [5.41, 5.74) is 3.48. The molecule has 1 N–H and O–H groups in total. The van der Waals surface area contributed by atoms with Crippen LogP contribution < -0.4 is 5.32 Å². The molecule has 0 bridgehead atoms. The topological polar surface area (TPSA) is 29.9 Å². The summed E-state index contributed by atoms with van der Waals surface area (Å²) in [7, 11) is 4.01. The molecule has 2 atom stereocenters. The molecule has 0 saturated carbocycles. The van der Waals surface area contributed by atoms with Crippen molar-refractivity contribution in [2.24, 2.45) is 7.05 Å². The van der Waals surface area contributed by atoms with E-state index in [4.69, 9.17) is 11.6 Å². The van der Waals surface area contributed by atoms with Gasteiger partial charge in [0.15, 0.2) is 0 Å². The van der Waals surface area contributed by atoms with Gasteiger partial charge in [0.25, 0.3) is 0 Å². The number of nitrogens with one attached hydrogen (secondary N) is 1. The molecule has 2 unspecified atom stereocenters. The highest BCUT2D eigenvalue weighted by molar-refractivity contribution is 7.99. The van der Waals surface area contributed by atoms with Crippen LogP contribution in [0.4, 0.5) is 0 Å². The SMILES string of the molecule is CNC(Cc1c(Cl)c(C)nn1C)C1CSc2ccccc21. The fourth-order valence-corrected chi connectivity index (χ4v) is 4.65. The summed E-state index contributed by atoms with van der Waals surface area (Å²) in [6, 6.07) is 9.08. The van der Waals surface area contributed by atoms with Gasteiger partial charge in [-0.15, -0.1) is 11.8 Å². The van der Waals surface area contributed by atoms with Gasteiger partial charge in [-0.2, -0.15) is 5.10 Å². The summed E-state index contributed by atoms with van der Waals surface area (Å²) in [6.07, 6.45) is 0.895. The molecule has 1 aliphatic rings. The predicted octanol–water partition coefficient (Wildman–Crippen LogP) is 3.40. The van der Waals surface area contributed by atoms with Crippen molar-refractivity contribution in [2.45, 2.75) is 30.2 Å². The number of hydrogen-bond acceptors (Lipinski definition) is 3. The van der Waals surface area contributed by atoms with Crippen molar-refractivity contribution < 1.29 is 0 Å². The third-order valence-electron chi connectivity index (χ3n) is 4.27. The minimum Gasteiger partial charge on any atom is -0.316 e. The largest absolute Gasteiger partial charge is 0.316 e. The van der Waals surface area contributed by atoms with E-state index in [1.165, 1.54) is 10.5 Å². The average Bonchev–Trinajstić information content (AvgIpc) is 3.00. The molecule has 3 nitrogen and oxygen atoms in total. The minimum absolute atomic E-state index is 0.369. The van der Waals surface area contributed by atoms with Gasteiger partial charge in [-0.1, -0.05) is 29.8 Å². The summed E-state index contributed by atoms with van der Waals surface area (Å²) < 4.78 is 1.91. The van der Waals surface area contributed by atoms with E-state index < -0.39 is 0 Å². The second-order valence-corrected chi connectivity index (χ2v) is 6.96. The lowest BCUT2D eigenvalue weighted by Gasteiger charge is -2.23. The number of nitrogens with zero attached hydrogens (tertiary/aromatic N) is 2. The van der Waals surface area contributed by atoms with Crippen LogP contribution in [-0.2, 0) is 13.5 Å². The molecule has 0 saturated heterocycles. The molecule has 2 aromatic rings. The van der Waals surface area contributed by atoms with Gasteiger partial charge in [0.05, 0.1) is 16.4 Å². The fraction of sp³-hybridized carbons (Fsp3) is 0.438. The zero-order valence-corrected chi connectivity index (χ0v) is 14.1. The number of benzene rings is 1. The first-order valence-corrected chi connectivity index (χ1v) is 8.55. The van der Waals surface area contributed by atoms with Crippen molar-refractivity contribution in [1.29, 1.82) is 0 Å². The number of likely N-dealkylation sites (N-methyl/N-ethyl adjacent to an activating group) is 1. The number of aryl methyl sites for hydroxylation is 2. The van der Waals surface area contributed by atoms with E-state index in [-0.39, 0.29) is 0 Å². The van der Waals surface area contributed by atoms with Crippen molar-refractivity contribution >= 4 is 23.4 Å². The summed E-state index contributed by atoms with van der Waals surface area (Å²) in [5, 5.41) is 8.71. The quantitative estimate of drug-likeness (QED) is 0.936. The molecular weight excluding hydrogens is 302 g/mol. The van der Waals surface area contributed by atoms with Crippen LogP contribution in [0.1, 0.15) is 22.9 Å². The number of fused-ring (bicyclic) bond motifs is 1. The van der Waals surface area contributed by atoms with Gasteiger partial charge in [0, 0.05) is 36.1 Å². The van der Waals surface area contributed by atoms with E-state index in [1.54, 1.807) is 0 Å². The predicted molar refractivity (Wildman–Crippen MR) is 89.4 cm³/mol. The van der Waals surface area contributed by atoms with Crippen LogP contribution in [0.2, 0.25) is 5.02 Å². The lowest BCUT2D eigenvalue weighted by molar-refractivity contribution is 0.475. The fourth-order valence-electron chi connectivity index (χ4n) is 3.08. The molecule has 0 fully saturated rings. The van der Waals surface area contributed by atoms with E-state index in [9.17, 15) is 0 Å². The number of thioether (sulfide) groups is 1. The maximum atomic E-state index is 6.41. The maximum Gasteiger partial charge on any atom is 0.0847 e. The molecule has 0 aliphatic carbocycles. The smallest absolute Gasteiger partial charge is 0.0847 e. The van der Waals surface area contributed by atoms with Crippen LogP contribution in [0.15, 0.2) is 29.2 Å². The van der Waals surface area contributed by atoms with Crippen LogP contribution in [0.25, 0.3) is 0 Å². The Kier molecular flexibility index (Phi) is 4.29. The maximum absolute atomic E-state index is 6.41. The molecule has 5 heteroatoms. The average molecular weight is 322 g/mol. The summed E-state index contributed by atoms with van der Waals surface area (Å²) in [5.74, 6) is 1.64. The van der Waals surface area contributed by atoms with Crippen molar-refractivity contribution in [2.75, 3.05) is 12.8 Å². The van der Waals surface area contributed by atoms with Crippen molar-refractivity contribution in [3.8, 4) is 0 Å². The molecule has 0 amide bonds. The zero-order valence-electron chi connectivity index (χ0n) is 12.6. The Hall–Kier alpha value is -0.970. The van der Waals surface area contributed by atoms with Gasteiger partial charge in [0.2, 0.25) is 0 Å². The van der Waals surface area contributed by atoms with Gasteiger partial charge in [-0.05, 0) is 25.6 Å². The zero-order chi connectivity index (χ0) is 15.0. The first-order chi connectivity index (χ1) is 10.1. The van der Waals surface area contributed by atoms with Crippen LogP contribution >= 0.6 is 23.4 Å². The van der Waals surface area contributed by atoms with Crippen molar-refractivity contribution in [3.63, 3.8) is 0 Å². The van der Waals surface area contributed by atoms with Gasteiger partial charge >= 0.3 is 0 Å². The lowest BCUT2D eigenvalue weighted by Crippen LogP contribution is -2.35. The van der Waals surface area contributed by atoms with E-state index in [0.717, 1.165) is 28.6 Å². The summed E-state index contributed by atoms with van der Waals surface area (Å²) >= 11 is 8.35. The molecule has 0 spiro atoms. The highest BCUT2D eigenvalue weighted by Crippen LogP contribution is 2.41. The van der Waals surface area contributed by atoms with Crippen LogP contribution in [0.5, 0.6) is 0 Å². The molecule has 3 rings (SSSR count). The molecule has 1 aromatic carbocycles. The Morgan fingerprint density at radius 1 is 1.48 bits per heavy atom. The normalized spacial score (nSPS) is 18.8. The standard InChI is InChI=1S/C16H20ClN3S/c1-10-16(17)14(20(3)19-10)8-13(18-2)12-9-21-15-7-5-4-6-11(12)15/h4-7,12-13,18H,8-9H2,1-3H3. The highest BCUT2D eigenvalue weighted by atomic mass is 35.5. The summed E-state index contributed by atoms with van der Waals surface area (Å²) in [4.78, 5) is 1.41. The number of hydrogen-bond donors (Lipinski definition) is 1. The van der Waals surface area contributed by atoms with Gasteiger partial charge in [-0.25, -0.2) is 0 Å². The third-order valence-corrected chi connectivity index (χ3v) is 5.97. The minimum atomic E-state index is 0.369. The molecule has 0 radical (unpaired) electrons. The molecule has 1 aliphatic heterocycles. The Morgan fingerprint density at radius 2 is 2.24 bits per heavy atom. The van der Waals surface area contributed by atoms with Crippen LogP contribution in [0, 0.1) is 6.92 Å². The Bertz CT molecular complexity index is 653. The van der Waals surface area contributed by atoms with E-state index >= 15 is 0 Å². The van der Waals surface area contributed by atoms with Crippen molar-refractivity contribution in [3.05, 3.63) is 46.2 Å². The molecule has 112 valence electrons. The Balaban J connectivity index is 1.87. The lowest BCUT2D eigenvalue weighted by atomic mass is 9.90. The number of halogens is 1. The van der Waals surface area contributed by atoms with Crippen LogP contribution in [-0.4, -0.2) is 28.6 Å². The van der Waals surface area contributed by atoms with E-state index in [1.807, 2.05) is 37.5 Å². The monoisotopic (exact) mass is 321 g/mol. The van der Waals surface area contributed by atoms with Gasteiger partial charge in [-0.3, -0.25) is 4.68 Å². The van der Waals surface area contributed by atoms with Gasteiger partial charge in [0.1, 0.15) is 0 Å². The molecule has 21 heavy (non-hydrogen) atoms. The van der Waals surface area contributed by atoms with Crippen LogP contribution in [0.3, 0.4) is 0 Å². The Labute approximate surface area is 135 Å². The van der Waals surface area contributed by atoms with E-state index in [2.05, 4.69) is 34.7 Å². The number of aromatic nitrogens is 2. The van der Waals surface area contributed by atoms with E-state index in [0.29, 0.717) is 12.0 Å². The first-order valence-electron chi connectivity index (χ1n) is 7.18. The second-order valence-electron chi connectivity index (χ2n) is 5.52. The third kappa shape index (κ3) is 2.72. The first kappa shape index (κ1) is 14.9. The van der Waals surface area contributed by atoms with Crippen molar-refractivity contribution in [1.82, 2.24) is 15.1 Å². The summed E-state index contributed by atoms with van der Waals surface area (Å²) in [6.45, 7) is 1.96. The Morgan fingerprint density at radius 3 is 2.90 bits per heavy atom. The highest BCUT2D eigenvalue weighted by Gasteiger charge is 2.30. The molecular formula is C16H20ClN3S.